The summed E-state index contributed by atoms with van der Waals surface area (Å²) in [5.41, 5.74) is 3.37. The summed E-state index contributed by atoms with van der Waals surface area (Å²) in [5.74, 6) is 0.0316. The molecule has 23 heavy (non-hydrogen) atoms. The van der Waals surface area contributed by atoms with Crippen molar-refractivity contribution in [1.29, 1.82) is 0 Å². The highest BCUT2D eigenvalue weighted by atomic mass is 79.9. The minimum atomic E-state index is 0.0316. The number of nitrogens with one attached hydrogen (secondary N) is 1. The van der Waals surface area contributed by atoms with Crippen LogP contribution < -0.4 is 5.32 Å². The molecule has 0 heterocycles. The minimum absolute atomic E-state index is 0.0316. The number of fused-ring (bicyclic) bond motifs is 1. The molecule has 1 amide bonds. The topological polar surface area (TPSA) is 29.1 Å². The van der Waals surface area contributed by atoms with Crippen molar-refractivity contribution < 1.29 is 4.79 Å². The Bertz CT molecular complexity index is 811. The standard InChI is InChI=1S/C20H18BrNO/c21-12-11-20(23)22-19-9-6-15(7-10-19)13-16-5-8-17-3-1-2-4-18(17)14-16/h1-10,14H,11-13H2,(H,22,23). The molecular formula is C20H18BrNO. The van der Waals surface area contributed by atoms with E-state index in [4.69, 9.17) is 0 Å². The van der Waals surface area contributed by atoms with E-state index in [1.807, 2.05) is 12.1 Å². The highest BCUT2D eigenvalue weighted by Crippen LogP contribution is 2.19. The molecule has 3 aromatic carbocycles. The summed E-state index contributed by atoms with van der Waals surface area (Å²) in [6.07, 6.45) is 1.37. The van der Waals surface area contributed by atoms with E-state index < -0.39 is 0 Å². The number of carbonyl (C=O) groups is 1. The van der Waals surface area contributed by atoms with Crippen LogP contribution in [0.2, 0.25) is 0 Å². The van der Waals surface area contributed by atoms with Crippen LogP contribution >= 0.6 is 15.9 Å². The molecule has 3 rings (SSSR count). The van der Waals surface area contributed by atoms with Gasteiger partial charge in [-0.25, -0.2) is 0 Å². The van der Waals surface area contributed by atoms with Crippen LogP contribution in [0.3, 0.4) is 0 Å². The van der Waals surface area contributed by atoms with Crippen LogP contribution in [0.5, 0.6) is 0 Å². The SMILES string of the molecule is O=C(CCBr)Nc1ccc(Cc2ccc3ccccc3c2)cc1. The zero-order valence-electron chi connectivity index (χ0n) is 12.8. The third-order valence-electron chi connectivity index (χ3n) is 3.78. The number of amides is 1. The number of halogens is 1. The van der Waals surface area contributed by atoms with Crippen molar-refractivity contribution in [2.45, 2.75) is 12.8 Å². The molecule has 3 heteroatoms. The second kappa shape index (κ2) is 7.42. The average molecular weight is 368 g/mol. The molecule has 3 aromatic rings. The Balaban J connectivity index is 1.70. The molecule has 0 fully saturated rings. The molecule has 0 spiro atoms. The van der Waals surface area contributed by atoms with Crippen LogP contribution in [0.25, 0.3) is 10.8 Å². The lowest BCUT2D eigenvalue weighted by Gasteiger charge is -2.07. The molecule has 0 saturated carbocycles. The van der Waals surface area contributed by atoms with Crippen molar-refractivity contribution >= 4 is 38.3 Å². The van der Waals surface area contributed by atoms with Crippen LogP contribution in [0.4, 0.5) is 5.69 Å². The highest BCUT2D eigenvalue weighted by molar-refractivity contribution is 9.09. The van der Waals surface area contributed by atoms with Gasteiger partial charge in [0.1, 0.15) is 0 Å². The monoisotopic (exact) mass is 367 g/mol. The summed E-state index contributed by atoms with van der Waals surface area (Å²) in [5, 5.41) is 6.10. The van der Waals surface area contributed by atoms with E-state index >= 15 is 0 Å². The second-order valence-corrected chi connectivity index (χ2v) is 6.34. The van der Waals surface area contributed by atoms with Gasteiger partial charge < -0.3 is 5.32 Å². The van der Waals surface area contributed by atoms with E-state index in [1.165, 1.54) is 21.9 Å². The zero-order valence-corrected chi connectivity index (χ0v) is 14.3. The maximum atomic E-state index is 11.6. The van der Waals surface area contributed by atoms with E-state index in [9.17, 15) is 4.79 Å². The normalized spacial score (nSPS) is 10.7. The van der Waals surface area contributed by atoms with E-state index in [0.717, 1.165) is 12.1 Å². The van der Waals surface area contributed by atoms with E-state index in [0.29, 0.717) is 11.8 Å². The first-order valence-corrected chi connectivity index (χ1v) is 8.79. The predicted molar refractivity (Wildman–Crippen MR) is 100 cm³/mol. The fraction of sp³-hybridized carbons (Fsp3) is 0.150. The van der Waals surface area contributed by atoms with Crippen LogP contribution in [0.1, 0.15) is 17.5 Å². The highest BCUT2D eigenvalue weighted by Gasteiger charge is 2.02. The lowest BCUT2D eigenvalue weighted by Crippen LogP contribution is -2.11. The Morgan fingerprint density at radius 3 is 2.30 bits per heavy atom. The fourth-order valence-corrected chi connectivity index (χ4v) is 2.96. The molecule has 0 aromatic heterocycles. The third kappa shape index (κ3) is 4.20. The summed E-state index contributed by atoms with van der Waals surface area (Å²) in [7, 11) is 0. The largest absolute Gasteiger partial charge is 0.326 e. The maximum Gasteiger partial charge on any atom is 0.225 e. The van der Waals surface area contributed by atoms with Gasteiger partial charge in [0.05, 0.1) is 0 Å². The number of alkyl halides is 1. The number of hydrogen-bond donors (Lipinski definition) is 1. The van der Waals surface area contributed by atoms with E-state index in [1.54, 1.807) is 0 Å². The number of anilines is 1. The van der Waals surface area contributed by atoms with Gasteiger partial charge >= 0.3 is 0 Å². The first-order chi connectivity index (χ1) is 11.2. The third-order valence-corrected chi connectivity index (χ3v) is 4.18. The number of benzene rings is 3. The van der Waals surface area contributed by atoms with Gasteiger partial charge in [-0.1, -0.05) is 70.5 Å². The van der Waals surface area contributed by atoms with Crippen LogP contribution in [0.15, 0.2) is 66.7 Å². The smallest absolute Gasteiger partial charge is 0.225 e. The molecule has 0 saturated heterocycles. The van der Waals surface area contributed by atoms with Gasteiger partial charge in [0.15, 0.2) is 0 Å². The summed E-state index contributed by atoms with van der Waals surface area (Å²) >= 11 is 3.27. The summed E-state index contributed by atoms with van der Waals surface area (Å²) in [6.45, 7) is 0. The van der Waals surface area contributed by atoms with Gasteiger partial charge in [0.25, 0.3) is 0 Å². The summed E-state index contributed by atoms with van der Waals surface area (Å²) in [4.78, 5) is 11.6. The first kappa shape index (κ1) is 15.8. The second-order valence-electron chi connectivity index (χ2n) is 5.54. The number of rotatable bonds is 5. The van der Waals surface area contributed by atoms with Crippen LogP contribution in [-0.2, 0) is 11.2 Å². The van der Waals surface area contributed by atoms with Gasteiger partial charge in [-0.3, -0.25) is 4.79 Å². The molecule has 116 valence electrons. The Morgan fingerprint density at radius 2 is 1.57 bits per heavy atom. The van der Waals surface area contributed by atoms with E-state index in [-0.39, 0.29) is 5.91 Å². The molecule has 0 aliphatic heterocycles. The summed E-state index contributed by atoms with van der Waals surface area (Å²) in [6, 6.07) is 23.0. The van der Waals surface area contributed by atoms with Gasteiger partial charge in [0.2, 0.25) is 5.91 Å². The summed E-state index contributed by atoms with van der Waals surface area (Å²) < 4.78 is 0. The Labute approximate surface area is 144 Å². The van der Waals surface area contributed by atoms with E-state index in [2.05, 4.69) is 75.8 Å². The van der Waals surface area contributed by atoms with Crippen molar-refractivity contribution in [1.82, 2.24) is 0 Å². The molecular weight excluding hydrogens is 350 g/mol. The quantitative estimate of drug-likeness (QED) is 0.620. The molecule has 0 aliphatic carbocycles. The Morgan fingerprint density at radius 1 is 0.870 bits per heavy atom. The van der Waals surface area contributed by atoms with Crippen molar-refractivity contribution in [3.8, 4) is 0 Å². The van der Waals surface area contributed by atoms with Gasteiger partial charge in [-0.2, -0.15) is 0 Å². The molecule has 0 bridgehead atoms. The molecule has 0 atom stereocenters. The molecule has 0 unspecified atom stereocenters. The fourth-order valence-electron chi connectivity index (χ4n) is 2.60. The Kier molecular flexibility index (Phi) is 5.09. The Hall–Kier alpha value is -2.13. The first-order valence-electron chi connectivity index (χ1n) is 7.67. The van der Waals surface area contributed by atoms with Crippen molar-refractivity contribution in [2.75, 3.05) is 10.6 Å². The number of hydrogen-bond acceptors (Lipinski definition) is 1. The van der Waals surface area contributed by atoms with Gasteiger partial charge in [-0.05, 0) is 40.5 Å². The molecule has 0 aliphatic rings. The molecule has 1 N–H and O–H groups in total. The minimum Gasteiger partial charge on any atom is -0.326 e. The number of carbonyl (C=O) groups excluding carboxylic acids is 1. The van der Waals surface area contributed by atoms with Crippen molar-refractivity contribution in [3.05, 3.63) is 77.9 Å². The van der Waals surface area contributed by atoms with Gasteiger partial charge in [-0.15, -0.1) is 0 Å². The molecule has 2 nitrogen and oxygen atoms in total. The van der Waals surface area contributed by atoms with Gasteiger partial charge in [0, 0.05) is 17.4 Å². The predicted octanol–water partition coefficient (Wildman–Crippen LogP) is 5.15. The lowest BCUT2D eigenvalue weighted by molar-refractivity contribution is -0.115. The average Bonchev–Trinajstić information content (AvgIpc) is 2.57. The van der Waals surface area contributed by atoms with Crippen LogP contribution in [-0.4, -0.2) is 11.2 Å². The molecule has 0 radical (unpaired) electrons. The van der Waals surface area contributed by atoms with Crippen molar-refractivity contribution in [2.24, 2.45) is 0 Å². The lowest BCUT2D eigenvalue weighted by atomic mass is 10.0. The maximum absolute atomic E-state index is 11.6. The van der Waals surface area contributed by atoms with Crippen LogP contribution in [0, 0.1) is 0 Å². The zero-order chi connectivity index (χ0) is 16.1. The van der Waals surface area contributed by atoms with Crippen molar-refractivity contribution in [3.63, 3.8) is 0 Å².